The molecule has 1 heteroatoms. The fraction of sp³-hybridized carbons (Fsp3) is 1.00. The number of hydrogen-bond acceptors (Lipinski definition) is 0. The minimum absolute atomic E-state index is 0. The van der Waals surface area contributed by atoms with Crippen molar-refractivity contribution in [2.24, 2.45) is 11.8 Å². The molecule has 0 aromatic heterocycles. The van der Waals surface area contributed by atoms with Crippen LogP contribution < -0.4 is 0 Å². The molecule has 0 bridgehead atoms. The first-order valence-electron chi connectivity index (χ1n) is 3.94. The minimum atomic E-state index is 0. The molecule has 0 aromatic rings. The topological polar surface area (TPSA) is 0 Å². The molecule has 0 saturated heterocycles. The summed E-state index contributed by atoms with van der Waals surface area (Å²) < 4.78 is 0. The summed E-state index contributed by atoms with van der Waals surface area (Å²) in [6.07, 6.45) is 0. The van der Waals surface area contributed by atoms with E-state index in [4.69, 9.17) is 0 Å². The van der Waals surface area contributed by atoms with E-state index in [0.717, 1.165) is 27.1 Å². The molecular weight excluding hydrogens is 123 g/mol. The summed E-state index contributed by atoms with van der Waals surface area (Å²) in [6, 6.07) is 0. The molecule has 0 fully saturated rings. The van der Waals surface area contributed by atoms with Crippen molar-refractivity contribution in [3.05, 3.63) is 0 Å². The van der Waals surface area contributed by atoms with Gasteiger partial charge in [0, 0.05) is 0 Å². The first-order chi connectivity index (χ1) is 4.13. The molecular formula is C8H19Al. The van der Waals surface area contributed by atoms with Crippen LogP contribution in [0.4, 0.5) is 0 Å². The minimum Gasteiger partial charge on any atom is -1.00 e. The summed E-state index contributed by atoms with van der Waals surface area (Å²) in [5.41, 5.74) is 0. The Morgan fingerprint density at radius 1 is 1.00 bits per heavy atom. The largest absolute Gasteiger partial charge is 1.00 e. The van der Waals surface area contributed by atoms with Gasteiger partial charge in [-0.2, -0.15) is 0 Å². The van der Waals surface area contributed by atoms with E-state index in [-0.39, 0.29) is 1.43 Å². The Hall–Kier alpha value is 0.532. The Balaban J connectivity index is 0. The van der Waals surface area contributed by atoms with Gasteiger partial charge in [-0.3, -0.25) is 0 Å². The van der Waals surface area contributed by atoms with Crippen LogP contribution in [0.3, 0.4) is 0 Å². The Labute approximate surface area is 67.2 Å². The third-order valence-corrected chi connectivity index (χ3v) is 3.83. The second-order valence-corrected chi connectivity index (χ2v) is 5.07. The van der Waals surface area contributed by atoms with Crippen molar-refractivity contribution in [2.75, 3.05) is 0 Å². The maximum absolute atomic E-state index is 2.31. The molecule has 0 radical (unpaired) electrons. The van der Waals surface area contributed by atoms with Crippen molar-refractivity contribution in [3.8, 4) is 0 Å². The molecule has 54 valence electrons. The summed E-state index contributed by atoms with van der Waals surface area (Å²) in [5, 5.41) is 2.97. The van der Waals surface area contributed by atoms with Gasteiger partial charge in [-0.05, 0) is 0 Å². The predicted octanol–water partition coefficient (Wildman–Crippen LogP) is 2.95. The molecule has 0 aromatic carbocycles. The van der Waals surface area contributed by atoms with Gasteiger partial charge in [-0.15, -0.1) is 0 Å². The van der Waals surface area contributed by atoms with Crippen LogP contribution in [0.25, 0.3) is 0 Å². The van der Waals surface area contributed by atoms with Gasteiger partial charge >= 0.3 is 65.3 Å². The van der Waals surface area contributed by atoms with E-state index >= 15 is 0 Å². The normalized spacial score (nSPS) is 10.4. The van der Waals surface area contributed by atoms with Gasteiger partial charge in [0.05, 0.1) is 0 Å². The van der Waals surface area contributed by atoms with Gasteiger partial charge in [-0.25, -0.2) is 0 Å². The maximum atomic E-state index is 2.31. The molecule has 0 N–H and O–H groups in total. The van der Waals surface area contributed by atoms with Gasteiger partial charge in [0.2, 0.25) is 0 Å². The number of rotatable bonds is 4. The first kappa shape index (κ1) is 9.53. The average Bonchev–Trinajstić information content (AvgIpc) is 1.63. The zero-order chi connectivity index (χ0) is 7.28. The maximum Gasteiger partial charge on any atom is -1.00 e. The standard InChI is InChI=1S/2C4H9.Al.H/c2*1-4(2)3;;/h2*4H,1H2,2-3H3;;/q;;+1;-1/i;;;1+1. The van der Waals surface area contributed by atoms with Crippen molar-refractivity contribution in [3.63, 3.8) is 0 Å². The van der Waals surface area contributed by atoms with Crippen LogP contribution >= 0.6 is 0 Å². The van der Waals surface area contributed by atoms with E-state index in [2.05, 4.69) is 27.7 Å². The van der Waals surface area contributed by atoms with E-state index in [1.165, 1.54) is 10.6 Å². The van der Waals surface area contributed by atoms with Crippen molar-refractivity contribution in [2.45, 2.75) is 38.3 Å². The Morgan fingerprint density at radius 2 is 1.33 bits per heavy atom. The van der Waals surface area contributed by atoms with Crippen LogP contribution in [-0.2, 0) is 0 Å². The summed E-state index contributed by atoms with van der Waals surface area (Å²) in [7, 11) is 0. The van der Waals surface area contributed by atoms with Gasteiger partial charge in [-0.1, -0.05) is 0 Å². The van der Waals surface area contributed by atoms with Crippen LogP contribution in [0.15, 0.2) is 0 Å². The number of hydrogen-bond donors (Lipinski definition) is 0. The Kier molecular flexibility index (Phi) is 5.64. The molecule has 0 aliphatic rings. The Morgan fingerprint density at radius 3 is 1.56 bits per heavy atom. The molecule has 0 spiro atoms. The molecule has 0 atom stereocenters. The zero-order valence-electron chi connectivity index (χ0n) is 8.15. The molecule has 0 saturated carbocycles. The van der Waals surface area contributed by atoms with E-state index in [0.29, 0.717) is 0 Å². The predicted molar refractivity (Wildman–Crippen MR) is 46.2 cm³/mol. The fourth-order valence-corrected chi connectivity index (χ4v) is 2.29. The molecule has 0 heterocycles. The van der Waals surface area contributed by atoms with Crippen LogP contribution in [0.2, 0.25) is 10.6 Å². The van der Waals surface area contributed by atoms with Crippen molar-refractivity contribution in [1.82, 2.24) is 0 Å². The van der Waals surface area contributed by atoms with E-state index in [1.807, 2.05) is 0 Å². The molecule has 0 nitrogen and oxygen atoms in total. The van der Waals surface area contributed by atoms with Crippen molar-refractivity contribution < 1.29 is 1.43 Å². The summed E-state index contributed by atoms with van der Waals surface area (Å²) in [4.78, 5) is 0. The van der Waals surface area contributed by atoms with Crippen LogP contribution in [-0.4, -0.2) is 15.2 Å². The second-order valence-electron chi connectivity index (χ2n) is 3.55. The monoisotopic (exact) mass is 143 g/mol. The van der Waals surface area contributed by atoms with Gasteiger partial charge in [0.25, 0.3) is 0 Å². The average molecular weight is 143 g/mol. The zero-order valence-corrected chi connectivity index (χ0v) is 8.30. The van der Waals surface area contributed by atoms with Crippen molar-refractivity contribution >= 4 is 15.2 Å². The second kappa shape index (κ2) is 5.33. The van der Waals surface area contributed by atoms with Crippen LogP contribution in [0, 0.1) is 11.8 Å². The first-order valence-corrected chi connectivity index (χ1v) is 5.58. The third-order valence-electron chi connectivity index (χ3n) is 1.28. The van der Waals surface area contributed by atoms with E-state index < -0.39 is 0 Å². The summed E-state index contributed by atoms with van der Waals surface area (Å²) >= 11 is 0.755. The van der Waals surface area contributed by atoms with Gasteiger partial charge < -0.3 is 1.43 Å². The van der Waals surface area contributed by atoms with Crippen molar-refractivity contribution in [1.29, 1.82) is 0 Å². The molecule has 9 heavy (non-hydrogen) atoms. The van der Waals surface area contributed by atoms with Crippen LogP contribution in [0.1, 0.15) is 29.1 Å². The van der Waals surface area contributed by atoms with Gasteiger partial charge in [0.15, 0.2) is 0 Å². The summed E-state index contributed by atoms with van der Waals surface area (Å²) in [6.45, 7) is 9.25. The summed E-state index contributed by atoms with van der Waals surface area (Å²) in [5.74, 6) is 1.86. The SMILES string of the molecule is CC(C)[CH2][Al+][CH2]C(C)C.[2H-]. The molecule has 0 amide bonds. The van der Waals surface area contributed by atoms with Crippen LogP contribution in [0.5, 0.6) is 0 Å². The van der Waals surface area contributed by atoms with E-state index in [1.54, 1.807) is 0 Å². The molecule has 0 aliphatic heterocycles. The third kappa shape index (κ3) is 8.53. The quantitative estimate of drug-likeness (QED) is 0.531. The smallest absolute Gasteiger partial charge is 1.00 e. The Bertz CT molecular complexity index is 54.3. The van der Waals surface area contributed by atoms with Gasteiger partial charge in [0.1, 0.15) is 0 Å². The molecule has 0 aliphatic carbocycles. The molecule has 0 rings (SSSR count). The molecule has 0 unspecified atom stereocenters. The fourth-order valence-electron chi connectivity index (χ4n) is 0.763. The van der Waals surface area contributed by atoms with E-state index in [9.17, 15) is 0 Å².